The molecule has 2 unspecified atom stereocenters. The molecule has 2 rings (SSSR count). The van der Waals surface area contributed by atoms with E-state index in [1.807, 2.05) is 18.7 Å². The van der Waals surface area contributed by atoms with Gasteiger partial charge in [-0.3, -0.25) is 9.59 Å². The average molecular weight is 292 g/mol. The first kappa shape index (κ1) is 15.6. The van der Waals surface area contributed by atoms with Gasteiger partial charge in [-0.05, 0) is 44.2 Å². The summed E-state index contributed by atoms with van der Waals surface area (Å²) >= 11 is 0. The van der Waals surface area contributed by atoms with E-state index in [0.29, 0.717) is 0 Å². The van der Waals surface area contributed by atoms with Crippen molar-refractivity contribution in [2.75, 3.05) is 6.54 Å². The summed E-state index contributed by atoms with van der Waals surface area (Å²) in [4.78, 5) is 26.7. The van der Waals surface area contributed by atoms with E-state index in [9.17, 15) is 9.59 Å². The third kappa shape index (κ3) is 3.65. The third-order valence-corrected chi connectivity index (χ3v) is 4.05. The van der Waals surface area contributed by atoms with Crippen LogP contribution in [0.1, 0.15) is 50.6 Å². The minimum Gasteiger partial charge on any atom is -0.459 e. The fourth-order valence-corrected chi connectivity index (χ4v) is 2.74. The van der Waals surface area contributed by atoms with E-state index in [-0.39, 0.29) is 29.5 Å². The van der Waals surface area contributed by atoms with Crippen LogP contribution in [0.5, 0.6) is 0 Å². The lowest BCUT2D eigenvalue weighted by Gasteiger charge is -2.37. The van der Waals surface area contributed by atoms with Gasteiger partial charge in [0.15, 0.2) is 5.76 Å². The van der Waals surface area contributed by atoms with Crippen LogP contribution in [0.3, 0.4) is 0 Å². The van der Waals surface area contributed by atoms with Crippen molar-refractivity contribution in [1.29, 1.82) is 0 Å². The minimum absolute atomic E-state index is 0.0112. The van der Waals surface area contributed by atoms with Crippen LogP contribution in [0.2, 0.25) is 0 Å². The molecule has 1 N–H and O–H groups in total. The minimum atomic E-state index is -0.511. The van der Waals surface area contributed by atoms with E-state index in [2.05, 4.69) is 12.2 Å². The molecule has 2 amide bonds. The molecular formula is C16H24N2O3. The Morgan fingerprint density at radius 2 is 2.14 bits per heavy atom. The number of nitrogens with zero attached hydrogens (tertiary/aromatic N) is 1. The highest BCUT2D eigenvalue weighted by Crippen LogP contribution is 2.19. The summed E-state index contributed by atoms with van der Waals surface area (Å²) in [6.07, 6.45) is 4.68. The first-order chi connectivity index (χ1) is 10.0. The summed E-state index contributed by atoms with van der Waals surface area (Å²) in [5.41, 5.74) is 0. The van der Waals surface area contributed by atoms with Gasteiger partial charge in [0, 0.05) is 12.6 Å². The van der Waals surface area contributed by atoms with Crippen molar-refractivity contribution in [3.05, 3.63) is 24.2 Å². The van der Waals surface area contributed by atoms with Gasteiger partial charge in [-0.15, -0.1) is 0 Å². The Bertz CT molecular complexity index is 482. The van der Waals surface area contributed by atoms with Crippen molar-refractivity contribution in [2.24, 2.45) is 5.92 Å². The normalized spacial score (nSPS) is 20.4. The molecule has 5 heteroatoms. The smallest absolute Gasteiger partial charge is 0.287 e. The van der Waals surface area contributed by atoms with E-state index in [1.54, 1.807) is 12.1 Å². The molecule has 5 nitrogen and oxygen atoms in total. The number of likely N-dealkylation sites (tertiary alicyclic amines) is 1. The number of rotatable bonds is 4. The second-order valence-corrected chi connectivity index (χ2v) is 6.05. The van der Waals surface area contributed by atoms with Gasteiger partial charge < -0.3 is 14.6 Å². The van der Waals surface area contributed by atoms with Crippen molar-refractivity contribution < 1.29 is 14.0 Å². The molecule has 1 aliphatic heterocycles. The second-order valence-electron chi connectivity index (χ2n) is 6.05. The summed E-state index contributed by atoms with van der Waals surface area (Å²) in [5.74, 6) is -0.0560. The molecule has 1 aliphatic rings. The van der Waals surface area contributed by atoms with E-state index >= 15 is 0 Å². The first-order valence-corrected chi connectivity index (χ1v) is 7.65. The van der Waals surface area contributed by atoms with Crippen LogP contribution in [-0.2, 0) is 4.79 Å². The SMILES string of the molecule is CC(C)C(NC(=O)c1ccco1)C(=O)N1CCCCC1C. The highest BCUT2D eigenvalue weighted by Gasteiger charge is 2.32. The molecule has 0 saturated carbocycles. The Balaban J connectivity index is 2.07. The van der Waals surface area contributed by atoms with Crippen LogP contribution in [0.15, 0.2) is 22.8 Å². The Labute approximate surface area is 125 Å². The fraction of sp³-hybridized carbons (Fsp3) is 0.625. The Morgan fingerprint density at radius 1 is 1.38 bits per heavy atom. The predicted octanol–water partition coefficient (Wildman–Crippen LogP) is 2.44. The van der Waals surface area contributed by atoms with Crippen molar-refractivity contribution >= 4 is 11.8 Å². The van der Waals surface area contributed by atoms with Crippen molar-refractivity contribution in [1.82, 2.24) is 10.2 Å². The van der Waals surface area contributed by atoms with Crippen molar-refractivity contribution in [3.63, 3.8) is 0 Å². The topological polar surface area (TPSA) is 62.6 Å². The zero-order chi connectivity index (χ0) is 15.4. The lowest BCUT2D eigenvalue weighted by Crippen LogP contribution is -2.54. The van der Waals surface area contributed by atoms with Gasteiger partial charge in [-0.1, -0.05) is 13.8 Å². The lowest BCUT2D eigenvalue weighted by atomic mass is 9.98. The molecule has 2 heterocycles. The number of nitrogens with one attached hydrogen (secondary N) is 1. The summed E-state index contributed by atoms with van der Waals surface area (Å²) in [5, 5.41) is 2.81. The Morgan fingerprint density at radius 3 is 2.71 bits per heavy atom. The highest BCUT2D eigenvalue weighted by molar-refractivity contribution is 5.95. The van der Waals surface area contributed by atoms with Gasteiger partial charge in [0.05, 0.1) is 6.26 Å². The average Bonchev–Trinajstić information content (AvgIpc) is 2.98. The lowest BCUT2D eigenvalue weighted by molar-refractivity contribution is -0.137. The summed E-state index contributed by atoms with van der Waals surface area (Å²) in [7, 11) is 0. The Hall–Kier alpha value is -1.78. The molecule has 0 radical (unpaired) electrons. The molecule has 21 heavy (non-hydrogen) atoms. The number of carbonyl (C=O) groups excluding carboxylic acids is 2. The molecule has 1 saturated heterocycles. The largest absolute Gasteiger partial charge is 0.459 e. The van der Waals surface area contributed by atoms with Gasteiger partial charge in [0.1, 0.15) is 6.04 Å². The molecule has 116 valence electrons. The predicted molar refractivity (Wildman–Crippen MR) is 79.8 cm³/mol. The maximum atomic E-state index is 12.7. The molecule has 0 aromatic carbocycles. The molecule has 0 spiro atoms. The zero-order valence-electron chi connectivity index (χ0n) is 13.0. The maximum absolute atomic E-state index is 12.7. The maximum Gasteiger partial charge on any atom is 0.287 e. The van der Waals surface area contributed by atoms with Crippen LogP contribution in [-0.4, -0.2) is 35.3 Å². The molecule has 0 aliphatic carbocycles. The number of furan rings is 1. The van der Waals surface area contributed by atoms with Crippen LogP contribution in [0.4, 0.5) is 0 Å². The summed E-state index contributed by atoms with van der Waals surface area (Å²) < 4.78 is 5.09. The van der Waals surface area contributed by atoms with Crippen LogP contribution >= 0.6 is 0 Å². The van der Waals surface area contributed by atoms with E-state index < -0.39 is 6.04 Å². The van der Waals surface area contributed by atoms with Crippen LogP contribution < -0.4 is 5.32 Å². The number of hydrogen-bond acceptors (Lipinski definition) is 3. The number of piperidine rings is 1. The quantitative estimate of drug-likeness (QED) is 0.927. The molecule has 1 aromatic rings. The van der Waals surface area contributed by atoms with E-state index in [4.69, 9.17) is 4.42 Å². The van der Waals surface area contributed by atoms with Crippen molar-refractivity contribution in [2.45, 2.75) is 52.1 Å². The van der Waals surface area contributed by atoms with Crippen LogP contribution in [0.25, 0.3) is 0 Å². The monoisotopic (exact) mass is 292 g/mol. The first-order valence-electron chi connectivity index (χ1n) is 7.65. The van der Waals surface area contributed by atoms with Gasteiger partial charge in [-0.2, -0.15) is 0 Å². The second kappa shape index (κ2) is 6.78. The summed E-state index contributed by atoms with van der Waals surface area (Å²) in [6.45, 7) is 6.74. The van der Waals surface area contributed by atoms with Gasteiger partial charge >= 0.3 is 0 Å². The molecular weight excluding hydrogens is 268 g/mol. The third-order valence-electron chi connectivity index (χ3n) is 4.05. The van der Waals surface area contributed by atoms with E-state index in [0.717, 1.165) is 25.8 Å². The van der Waals surface area contributed by atoms with Crippen LogP contribution in [0, 0.1) is 5.92 Å². The number of hydrogen-bond donors (Lipinski definition) is 1. The zero-order valence-corrected chi connectivity index (χ0v) is 13.0. The highest BCUT2D eigenvalue weighted by atomic mass is 16.3. The van der Waals surface area contributed by atoms with Gasteiger partial charge in [0.2, 0.25) is 5.91 Å². The number of amides is 2. The number of carbonyl (C=O) groups is 2. The molecule has 0 bridgehead atoms. The molecule has 1 fully saturated rings. The fourth-order valence-electron chi connectivity index (χ4n) is 2.74. The van der Waals surface area contributed by atoms with Crippen molar-refractivity contribution in [3.8, 4) is 0 Å². The summed E-state index contributed by atoms with van der Waals surface area (Å²) in [6, 6.07) is 2.99. The van der Waals surface area contributed by atoms with Gasteiger partial charge in [0.25, 0.3) is 5.91 Å². The standard InChI is InChI=1S/C16H24N2O3/c1-11(2)14(17-15(19)13-8-6-10-21-13)16(20)18-9-5-4-7-12(18)3/h6,8,10-12,14H,4-5,7,9H2,1-3H3,(H,17,19). The van der Waals surface area contributed by atoms with Gasteiger partial charge in [-0.25, -0.2) is 0 Å². The molecule has 2 atom stereocenters. The Kier molecular flexibility index (Phi) is 5.04. The molecule has 1 aromatic heterocycles. The van der Waals surface area contributed by atoms with E-state index in [1.165, 1.54) is 6.26 Å².